The number of hydrogen-bond acceptors (Lipinski definition) is 4. The van der Waals surface area contributed by atoms with E-state index in [-0.39, 0.29) is 0 Å². The van der Waals surface area contributed by atoms with Crippen LogP contribution in [0.4, 0.5) is 5.69 Å². The summed E-state index contributed by atoms with van der Waals surface area (Å²) in [6.07, 6.45) is 0. The predicted molar refractivity (Wildman–Crippen MR) is 75.8 cm³/mol. The Hall–Kier alpha value is -0.910. The molecular formula is C12H14BrN3S. The summed E-state index contributed by atoms with van der Waals surface area (Å²) in [5.74, 6) is 0. The van der Waals surface area contributed by atoms with Crippen molar-refractivity contribution in [3.8, 4) is 0 Å². The molecular weight excluding hydrogens is 298 g/mol. The summed E-state index contributed by atoms with van der Waals surface area (Å²) < 4.78 is 0.991. The minimum Gasteiger partial charge on any atom is -0.398 e. The number of thiazole rings is 1. The average molecular weight is 312 g/mol. The number of nitrogens with zero attached hydrogens (tertiary/aromatic N) is 2. The van der Waals surface area contributed by atoms with Crippen LogP contribution in [0.5, 0.6) is 0 Å². The standard InChI is InChI=1S/C12H14BrN3S/c1-16(6-10-7-17-8-15-10)5-9-3-2-4-11(14)12(9)13/h2-4,7-8H,5-6,14H2,1H3. The molecule has 0 spiro atoms. The minimum absolute atomic E-state index is 0.782. The molecule has 1 heterocycles. The number of anilines is 1. The Morgan fingerprint density at radius 3 is 2.94 bits per heavy atom. The molecule has 0 atom stereocenters. The van der Waals surface area contributed by atoms with E-state index in [4.69, 9.17) is 5.73 Å². The quantitative estimate of drug-likeness (QED) is 0.882. The summed E-state index contributed by atoms with van der Waals surface area (Å²) in [7, 11) is 2.08. The highest BCUT2D eigenvalue weighted by Gasteiger charge is 2.07. The Kier molecular flexibility index (Phi) is 4.15. The van der Waals surface area contributed by atoms with Crippen LogP contribution < -0.4 is 5.73 Å². The van der Waals surface area contributed by atoms with Crippen molar-refractivity contribution in [3.63, 3.8) is 0 Å². The van der Waals surface area contributed by atoms with E-state index in [2.05, 4.69) is 44.3 Å². The highest BCUT2D eigenvalue weighted by atomic mass is 79.9. The molecule has 3 nitrogen and oxygen atoms in total. The first-order valence-electron chi connectivity index (χ1n) is 5.25. The first-order valence-corrected chi connectivity index (χ1v) is 6.99. The first kappa shape index (κ1) is 12.5. The van der Waals surface area contributed by atoms with Gasteiger partial charge in [0.15, 0.2) is 0 Å². The van der Waals surface area contributed by atoms with Crippen molar-refractivity contribution in [2.75, 3.05) is 12.8 Å². The Balaban J connectivity index is 2.03. The van der Waals surface area contributed by atoms with E-state index in [0.717, 1.165) is 28.9 Å². The fourth-order valence-corrected chi connectivity index (χ4v) is 2.60. The molecule has 0 unspecified atom stereocenters. The van der Waals surface area contributed by atoms with E-state index in [1.54, 1.807) is 11.3 Å². The van der Waals surface area contributed by atoms with Crippen molar-refractivity contribution in [1.29, 1.82) is 0 Å². The van der Waals surface area contributed by atoms with Crippen molar-refractivity contribution in [2.24, 2.45) is 0 Å². The smallest absolute Gasteiger partial charge is 0.0795 e. The average Bonchev–Trinajstić information content (AvgIpc) is 2.77. The van der Waals surface area contributed by atoms with E-state index in [1.807, 2.05) is 17.6 Å². The molecule has 2 aromatic rings. The van der Waals surface area contributed by atoms with Gasteiger partial charge in [-0.05, 0) is 34.6 Å². The van der Waals surface area contributed by atoms with E-state index >= 15 is 0 Å². The van der Waals surface area contributed by atoms with Gasteiger partial charge in [-0.3, -0.25) is 4.90 Å². The van der Waals surface area contributed by atoms with Gasteiger partial charge in [-0.2, -0.15) is 0 Å². The third kappa shape index (κ3) is 3.28. The van der Waals surface area contributed by atoms with Crippen molar-refractivity contribution in [1.82, 2.24) is 9.88 Å². The molecule has 0 fully saturated rings. The third-order valence-electron chi connectivity index (χ3n) is 2.46. The fraction of sp³-hybridized carbons (Fsp3) is 0.250. The number of hydrogen-bond donors (Lipinski definition) is 1. The van der Waals surface area contributed by atoms with E-state index < -0.39 is 0 Å². The van der Waals surface area contributed by atoms with Crippen LogP contribution in [0.2, 0.25) is 0 Å². The molecule has 5 heteroatoms. The van der Waals surface area contributed by atoms with Crippen molar-refractivity contribution in [2.45, 2.75) is 13.1 Å². The monoisotopic (exact) mass is 311 g/mol. The summed E-state index contributed by atoms with van der Waals surface area (Å²) in [4.78, 5) is 6.50. The molecule has 0 aliphatic heterocycles. The fourth-order valence-electron chi connectivity index (χ4n) is 1.66. The van der Waals surface area contributed by atoms with Gasteiger partial charge in [0.25, 0.3) is 0 Å². The second-order valence-corrected chi connectivity index (χ2v) is 5.48. The van der Waals surface area contributed by atoms with E-state index in [9.17, 15) is 0 Å². The number of aromatic nitrogens is 1. The molecule has 0 bridgehead atoms. The Bertz CT molecular complexity index is 485. The Labute approximate surface area is 113 Å². The Morgan fingerprint density at radius 2 is 2.24 bits per heavy atom. The van der Waals surface area contributed by atoms with Crippen molar-refractivity contribution in [3.05, 3.63) is 44.8 Å². The molecule has 1 aromatic heterocycles. The first-order chi connectivity index (χ1) is 8.16. The minimum atomic E-state index is 0.782. The lowest BCUT2D eigenvalue weighted by atomic mass is 10.2. The number of nitrogens with two attached hydrogens (primary N) is 1. The van der Waals surface area contributed by atoms with Crippen LogP contribution in [0.25, 0.3) is 0 Å². The number of benzene rings is 1. The van der Waals surface area contributed by atoms with Gasteiger partial charge in [0, 0.05) is 28.6 Å². The molecule has 90 valence electrons. The normalized spacial score (nSPS) is 11.0. The molecule has 0 aliphatic carbocycles. The lowest BCUT2D eigenvalue weighted by Crippen LogP contribution is -2.17. The van der Waals surface area contributed by atoms with Crippen LogP contribution in [-0.2, 0) is 13.1 Å². The highest BCUT2D eigenvalue weighted by Crippen LogP contribution is 2.24. The van der Waals surface area contributed by atoms with Gasteiger partial charge in [0.1, 0.15) is 0 Å². The van der Waals surface area contributed by atoms with Crippen LogP contribution >= 0.6 is 27.3 Å². The zero-order valence-corrected chi connectivity index (χ0v) is 12.0. The molecule has 2 N–H and O–H groups in total. The van der Waals surface area contributed by atoms with Crippen molar-refractivity contribution < 1.29 is 0 Å². The van der Waals surface area contributed by atoms with Gasteiger partial charge in [-0.25, -0.2) is 4.98 Å². The van der Waals surface area contributed by atoms with Crippen molar-refractivity contribution >= 4 is 33.0 Å². The maximum atomic E-state index is 5.86. The van der Waals surface area contributed by atoms with E-state index in [0.29, 0.717) is 0 Å². The van der Waals surface area contributed by atoms with Gasteiger partial charge in [-0.1, -0.05) is 12.1 Å². The summed E-state index contributed by atoms with van der Waals surface area (Å²) in [6.45, 7) is 1.70. The van der Waals surface area contributed by atoms with Crippen LogP contribution in [0, 0.1) is 0 Å². The molecule has 17 heavy (non-hydrogen) atoms. The second kappa shape index (κ2) is 5.62. The van der Waals surface area contributed by atoms with Crippen LogP contribution in [0.15, 0.2) is 33.6 Å². The van der Waals surface area contributed by atoms with Gasteiger partial charge >= 0.3 is 0 Å². The molecule has 0 saturated heterocycles. The summed E-state index contributed by atoms with van der Waals surface area (Å²) in [6, 6.07) is 5.96. The van der Waals surface area contributed by atoms with Gasteiger partial charge in [0.05, 0.1) is 11.2 Å². The maximum absolute atomic E-state index is 5.86. The summed E-state index contributed by atoms with van der Waals surface area (Å²) >= 11 is 5.15. The summed E-state index contributed by atoms with van der Waals surface area (Å²) in [5.41, 5.74) is 10.8. The SMILES string of the molecule is CN(Cc1cscn1)Cc1cccc(N)c1Br. The van der Waals surface area contributed by atoms with Crippen LogP contribution in [0.3, 0.4) is 0 Å². The zero-order chi connectivity index (χ0) is 12.3. The predicted octanol–water partition coefficient (Wildman–Crippen LogP) is 3.12. The largest absolute Gasteiger partial charge is 0.398 e. The molecule has 1 aromatic carbocycles. The molecule has 0 amide bonds. The van der Waals surface area contributed by atoms with Crippen LogP contribution in [0.1, 0.15) is 11.3 Å². The molecule has 2 rings (SSSR count). The lowest BCUT2D eigenvalue weighted by Gasteiger charge is -2.16. The lowest BCUT2D eigenvalue weighted by molar-refractivity contribution is 0.315. The van der Waals surface area contributed by atoms with Gasteiger partial charge < -0.3 is 5.73 Å². The number of nitrogen functional groups attached to an aromatic ring is 1. The Morgan fingerprint density at radius 1 is 1.41 bits per heavy atom. The number of rotatable bonds is 4. The topological polar surface area (TPSA) is 42.2 Å². The molecule has 0 aliphatic rings. The van der Waals surface area contributed by atoms with Crippen LogP contribution in [-0.4, -0.2) is 16.9 Å². The second-order valence-electron chi connectivity index (χ2n) is 3.97. The third-order valence-corrected chi connectivity index (χ3v) is 4.07. The molecule has 0 radical (unpaired) electrons. The highest BCUT2D eigenvalue weighted by molar-refractivity contribution is 9.10. The summed E-state index contributed by atoms with van der Waals surface area (Å²) in [5, 5.41) is 2.07. The molecule has 0 saturated carbocycles. The maximum Gasteiger partial charge on any atom is 0.0795 e. The van der Waals surface area contributed by atoms with E-state index in [1.165, 1.54) is 5.56 Å². The van der Waals surface area contributed by atoms with Gasteiger partial charge in [0.2, 0.25) is 0 Å². The zero-order valence-electron chi connectivity index (χ0n) is 9.56. The number of halogens is 1. The van der Waals surface area contributed by atoms with Gasteiger partial charge in [-0.15, -0.1) is 11.3 Å².